The molecule has 3 nitrogen and oxygen atoms in total. The summed E-state index contributed by atoms with van der Waals surface area (Å²) in [4.78, 5) is 4.27. The summed E-state index contributed by atoms with van der Waals surface area (Å²) in [6.07, 6.45) is 5.85. The summed E-state index contributed by atoms with van der Waals surface area (Å²) >= 11 is 3.36. The maximum absolute atomic E-state index is 9.40. The third kappa shape index (κ3) is 3.46. The zero-order chi connectivity index (χ0) is 11.4. The molecule has 1 aromatic heterocycles. The molecule has 88 valence electrons. The van der Waals surface area contributed by atoms with E-state index in [1.54, 1.807) is 6.20 Å². The van der Waals surface area contributed by atoms with Crippen molar-refractivity contribution in [2.24, 2.45) is 5.92 Å². The number of aromatic nitrogens is 1. The van der Waals surface area contributed by atoms with Gasteiger partial charge < -0.3 is 10.4 Å². The molecule has 0 aliphatic heterocycles. The van der Waals surface area contributed by atoms with Crippen LogP contribution in [-0.2, 0) is 0 Å². The summed E-state index contributed by atoms with van der Waals surface area (Å²) in [5.74, 6) is 1.60. The molecule has 4 heteroatoms. The summed E-state index contributed by atoms with van der Waals surface area (Å²) < 4.78 is 0.999. The average molecular weight is 285 g/mol. The summed E-state index contributed by atoms with van der Waals surface area (Å²) in [7, 11) is 0. The first-order valence-electron chi connectivity index (χ1n) is 5.77. The Bertz CT molecular complexity index is 320. The van der Waals surface area contributed by atoms with Crippen LogP contribution in [0.25, 0.3) is 0 Å². The lowest BCUT2D eigenvalue weighted by molar-refractivity contribution is 0.111. The number of hydrogen-bond acceptors (Lipinski definition) is 3. The van der Waals surface area contributed by atoms with Gasteiger partial charge in [-0.1, -0.05) is 0 Å². The molecule has 1 aromatic rings. The number of hydrogen-bond donors (Lipinski definition) is 2. The molecule has 16 heavy (non-hydrogen) atoms. The maximum Gasteiger partial charge on any atom is 0.125 e. The highest BCUT2D eigenvalue weighted by Crippen LogP contribution is 2.24. The topological polar surface area (TPSA) is 45.1 Å². The van der Waals surface area contributed by atoms with E-state index < -0.39 is 0 Å². The van der Waals surface area contributed by atoms with Gasteiger partial charge in [0, 0.05) is 17.2 Å². The van der Waals surface area contributed by atoms with Gasteiger partial charge in [-0.3, -0.25) is 0 Å². The monoisotopic (exact) mass is 284 g/mol. The van der Waals surface area contributed by atoms with Gasteiger partial charge in [-0.15, -0.1) is 0 Å². The number of halogens is 1. The van der Waals surface area contributed by atoms with E-state index in [1.165, 1.54) is 0 Å². The molecule has 1 saturated carbocycles. The number of aliphatic hydroxyl groups excluding tert-OH is 1. The molecule has 0 atom stereocenters. The number of nitrogens with zero attached hydrogens (tertiary/aromatic N) is 1. The fraction of sp³-hybridized carbons (Fsp3) is 0.583. The largest absolute Gasteiger partial charge is 0.393 e. The lowest BCUT2D eigenvalue weighted by atomic mass is 9.87. The minimum Gasteiger partial charge on any atom is -0.393 e. The van der Waals surface area contributed by atoms with Gasteiger partial charge in [0.2, 0.25) is 0 Å². The van der Waals surface area contributed by atoms with E-state index in [0.29, 0.717) is 5.92 Å². The summed E-state index contributed by atoms with van der Waals surface area (Å²) in [6, 6.07) is 3.96. The van der Waals surface area contributed by atoms with Crippen molar-refractivity contribution in [3.8, 4) is 0 Å². The SMILES string of the molecule is OC1CCC(CNc2ccc(Br)cn2)CC1. The van der Waals surface area contributed by atoms with Crippen molar-refractivity contribution in [3.63, 3.8) is 0 Å². The normalized spacial score (nSPS) is 25.4. The number of anilines is 1. The molecule has 0 aromatic carbocycles. The molecule has 0 radical (unpaired) electrons. The lowest BCUT2D eigenvalue weighted by Crippen LogP contribution is -2.23. The first-order valence-corrected chi connectivity index (χ1v) is 6.57. The second kappa shape index (κ2) is 5.64. The van der Waals surface area contributed by atoms with E-state index in [9.17, 15) is 5.11 Å². The van der Waals surface area contributed by atoms with E-state index >= 15 is 0 Å². The van der Waals surface area contributed by atoms with Crippen LogP contribution < -0.4 is 5.32 Å². The third-order valence-corrected chi connectivity index (χ3v) is 3.58. The van der Waals surface area contributed by atoms with Gasteiger partial charge in [-0.2, -0.15) is 0 Å². The first-order chi connectivity index (χ1) is 7.74. The van der Waals surface area contributed by atoms with E-state index in [4.69, 9.17) is 0 Å². The molecule has 1 aliphatic rings. The van der Waals surface area contributed by atoms with E-state index in [-0.39, 0.29) is 6.10 Å². The zero-order valence-electron chi connectivity index (χ0n) is 9.19. The van der Waals surface area contributed by atoms with Crippen molar-refractivity contribution in [1.29, 1.82) is 0 Å². The first kappa shape index (κ1) is 11.9. The Kier molecular flexibility index (Phi) is 4.18. The molecule has 0 bridgehead atoms. The van der Waals surface area contributed by atoms with Gasteiger partial charge in [0.1, 0.15) is 5.82 Å². The highest BCUT2D eigenvalue weighted by atomic mass is 79.9. The maximum atomic E-state index is 9.40. The number of pyridine rings is 1. The van der Waals surface area contributed by atoms with E-state index in [1.807, 2.05) is 12.1 Å². The smallest absolute Gasteiger partial charge is 0.125 e. The summed E-state index contributed by atoms with van der Waals surface area (Å²) in [5.41, 5.74) is 0. The number of nitrogens with one attached hydrogen (secondary N) is 1. The van der Waals surface area contributed by atoms with Gasteiger partial charge in [0.05, 0.1) is 6.10 Å². The predicted octanol–water partition coefficient (Wildman–Crippen LogP) is 2.81. The molecule has 1 fully saturated rings. The fourth-order valence-corrected chi connectivity index (χ4v) is 2.31. The molecule has 1 heterocycles. The predicted molar refractivity (Wildman–Crippen MR) is 68.4 cm³/mol. The minimum atomic E-state index is -0.0675. The minimum absolute atomic E-state index is 0.0675. The molecule has 0 saturated heterocycles. The van der Waals surface area contributed by atoms with Crippen LogP contribution >= 0.6 is 15.9 Å². The molecular formula is C12H17BrN2O. The Morgan fingerprint density at radius 1 is 1.31 bits per heavy atom. The standard InChI is InChI=1S/C12H17BrN2O/c13-10-3-6-12(15-8-10)14-7-9-1-4-11(16)5-2-9/h3,6,8-9,11,16H,1-2,4-5,7H2,(H,14,15). The van der Waals surface area contributed by atoms with Crippen molar-refractivity contribution in [1.82, 2.24) is 4.98 Å². The Labute approximate surface area is 104 Å². The zero-order valence-corrected chi connectivity index (χ0v) is 10.8. The van der Waals surface area contributed by atoms with Crippen LogP contribution in [0.1, 0.15) is 25.7 Å². The molecular weight excluding hydrogens is 268 g/mol. The van der Waals surface area contributed by atoms with Crippen molar-refractivity contribution >= 4 is 21.7 Å². The third-order valence-electron chi connectivity index (χ3n) is 3.12. The van der Waals surface area contributed by atoms with Gasteiger partial charge in [-0.25, -0.2) is 4.98 Å². The Morgan fingerprint density at radius 2 is 2.06 bits per heavy atom. The number of rotatable bonds is 3. The molecule has 0 amide bonds. The van der Waals surface area contributed by atoms with Crippen molar-refractivity contribution in [2.45, 2.75) is 31.8 Å². The summed E-state index contributed by atoms with van der Waals surface area (Å²) in [5, 5.41) is 12.7. The van der Waals surface area contributed by atoms with E-state index in [2.05, 4.69) is 26.2 Å². The van der Waals surface area contributed by atoms with Crippen LogP contribution in [-0.4, -0.2) is 22.7 Å². The highest BCUT2D eigenvalue weighted by Gasteiger charge is 2.18. The van der Waals surface area contributed by atoms with Crippen LogP contribution in [0.2, 0.25) is 0 Å². The van der Waals surface area contributed by atoms with Gasteiger partial charge >= 0.3 is 0 Å². The van der Waals surface area contributed by atoms with Crippen LogP contribution in [0.15, 0.2) is 22.8 Å². The van der Waals surface area contributed by atoms with Gasteiger partial charge in [0.25, 0.3) is 0 Å². The molecule has 1 aliphatic carbocycles. The van der Waals surface area contributed by atoms with Gasteiger partial charge in [-0.05, 0) is 59.7 Å². The second-order valence-electron chi connectivity index (χ2n) is 4.42. The van der Waals surface area contributed by atoms with Crippen LogP contribution in [0, 0.1) is 5.92 Å². The average Bonchev–Trinajstić information content (AvgIpc) is 2.30. The molecule has 0 spiro atoms. The quantitative estimate of drug-likeness (QED) is 0.897. The highest BCUT2D eigenvalue weighted by molar-refractivity contribution is 9.10. The molecule has 2 rings (SSSR count). The van der Waals surface area contributed by atoms with E-state index in [0.717, 1.165) is 42.5 Å². The summed E-state index contributed by atoms with van der Waals surface area (Å²) in [6.45, 7) is 0.960. The van der Waals surface area contributed by atoms with Crippen molar-refractivity contribution < 1.29 is 5.11 Å². The Hall–Kier alpha value is -0.610. The fourth-order valence-electron chi connectivity index (χ4n) is 2.08. The Morgan fingerprint density at radius 3 is 2.69 bits per heavy atom. The van der Waals surface area contributed by atoms with Crippen molar-refractivity contribution in [3.05, 3.63) is 22.8 Å². The number of aliphatic hydroxyl groups is 1. The van der Waals surface area contributed by atoms with Crippen LogP contribution in [0.4, 0.5) is 5.82 Å². The van der Waals surface area contributed by atoms with Crippen LogP contribution in [0.5, 0.6) is 0 Å². The lowest BCUT2D eigenvalue weighted by Gasteiger charge is -2.25. The van der Waals surface area contributed by atoms with Crippen molar-refractivity contribution in [2.75, 3.05) is 11.9 Å². The van der Waals surface area contributed by atoms with Gasteiger partial charge in [0.15, 0.2) is 0 Å². The van der Waals surface area contributed by atoms with Crippen LogP contribution in [0.3, 0.4) is 0 Å². The second-order valence-corrected chi connectivity index (χ2v) is 5.33. The molecule has 0 unspecified atom stereocenters. The Balaban J connectivity index is 1.77. The molecule has 2 N–H and O–H groups in total.